The second kappa shape index (κ2) is 5.68. The zero-order valence-corrected chi connectivity index (χ0v) is 11.0. The summed E-state index contributed by atoms with van der Waals surface area (Å²) in [6, 6.07) is 1.69. The van der Waals surface area contributed by atoms with Gasteiger partial charge in [0.2, 0.25) is 0 Å². The van der Waals surface area contributed by atoms with Crippen LogP contribution in [0.2, 0.25) is 0 Å². The Labute approximate surface area is 112 Å². The molecule has 0 saturated carbocycles. The van der Waals surface area contributed by atoms with Gasteiger partial charge in [-0.05, 0) is 34.5 Å². The van der Waals surface area contributed by atoms with Crippen molar-refractivity contribution < 1.29 is 9.59 Å². The molecule has 0 spiro atoms. The molecule has 2 amide bonds. The Morgan fingerprint density at radius 3 is 2.83 bits per heavy atom. The summed E-state index contributed by atoms with van der Waals surface area (Å²) in [7, 11) is 0. The van der Waals surface area contributed by atoms with Gasteiger partial charge < -0.3 is 0 Å². The Hall–Kier alpha value is -1.82. The van der Waals surface area contributed by atoms with Crippen LogP contribution in [0.5, 0.6) is 0 Å². The number of hydrogen-bond donors (Lipinski definition) is 0. The number of amides is 2. The van der Waals surface area contributed by atoms with Crippen LogP contribution in [0.25, 0.3) is 6.08 Å². The molecule has 2 rings (SSSR count). The highest BCUT2D eigenvalue weighted by Crippen LogP contribution is 2.17. The first-order valence-electron chi connectivity index (χ1n) is 5.35. The van der Waals surface area contributed by atoms with Crippen molar-refractivity contribution >= 4 is 33.8 Å². The van der Waals surface area contributed by atoms with Crippen molar-refractivity contribution in [3.05, 3.63) is 40.9 Å². The summed E-state index contributed by atoms with van der Waals surface area (Å²) in [6.45, 7) is 0.396. The molecule has 0 aliphatic carbocycles. The molecule has 0 fully saturated rings. The van der Waals surface area contributed by atoms with Gasteiger partial charge >= 0.3 is 0 Å². The topological polar surface area (TPSA) is 63.2 Å². The lowest BCUT2D eigenvalue weighted by Gasteiger charge is -2.21. The fourth-order valence-corrected chi connectivity index (χ4v) is 1.92. The first kappa shape index (κ1) is 12.6. The number of halogens is 1. The number of nitrogens with zero attached hydrogens (tertiary/aromatic N) is 3. The number of aromatic nitrogens is 2. The second-order valence-corrected chi connectivity index (χ2v) is 4.43. The van der Waals surface area contributed by atoms with Crippen LogP contribution in [0, 0.1) is 0 Å². The Kier molecular flexibility index (Phi) is 3.99. The van der Waals surface area contributed by atoms with Crippen LogP contribution in [0.3, 0.4) is 0 Å². The molecule has 0 radical (unpaired) electrons. The molecule has 1 aliphatic rings. The maximum Gasteiger partial charge on any atom is 0.267 e. The van der Waals surface area contributed by atoms with E-state index in [0.29, 0.717) is 23.3 Å². The van der Waals surface area contributed by atoms with Gasteiger partial charge in [-0.15, -0.1) is 0 Å². The van der Waals surface area contributed by atoms with E-state index in [1.165, 1.54) is 17.1 Å². The summed E-state index contributed by atoms with van der Waals surface area (Å²) in [6.07, 6.45) is 8.38. The fourth-order valence-electron chi connectivity index (χ4n) is 1.48. The molecule has 5 nitrogen and oxygen atoms in total. The fraction of sp³-hybridized carbons (Fsp3) is 0.167. The maximum atomic E-state index is 11.8. The third kappa shape index (κ3) is 2.89. The zero-order chi connectivity index (χ0) is 13.0. The minimum Gasteiger partial charge on any atom is -0.274 e. The summed E-state index contributed by atoms with van der Waals surface area (Å²) < 4.78 is 0.423. The Morgan fingerprint density at radius 1 is 1.39 bits per heavy atom. The lowest BCUT2D eigenvalue weighted by molar-refractivity contribution is -0.139. The summed E-state index contributed by atoms with van der Waals surface area (Å²) in [5.41, 5.74) is 0. The van der Waals surface area contributed by atoms with E-state index in [-0.39, 0.29) is 11.8 Å². The average Bonchev–Trinajstić information content (AvgIpc) is 2.40. The number of carbonyl (C=O) groups is 2. The van der Waals surface area contributed by atoms with Crippen LogP contribution in [0.15, 0.2) is 35.1 Å². The normalized spacial score (nSPS) is 15.9. The third-order valence-electron chi connectivity index (χ3n) is 2.35. The van der Waals surface area contributed by atoms with Crippen molar-refractivity contribution in [2.24, 2.45) is 0 Å². The van der Waals surface area contributed by atoms with Gasteiger partial charge in [0.05, 0.1) is 4.48 Å². The smallest absolute Gasteiger partial charge is 0.267 e. The summed E-state index contributed by atoms with van der Waals surface area (Å²) in [4.78, 5) is 32.6. The van der Waals surface area contributed by atoms with Crippen LogP contribution in [0.4, 0.5) is 0 Å². The first-order chi connectivity index (χ1) is 8.68. The lowest BCUT2D eigenvalue weighted by atomic mass is 10.2. The van der Waals surface area contributed by atoms with Crippen molar-refractivity contribution in [3.8, 4) is 0 Å². The van der Waals surface area contributed by atoms with Gasteiger partial charge in [0.15, 0.2) is 5.82 Å². The van der Waals surface area contributed by atoms with E-state index in [1.54, 1.807) is 24.5 Å². The van der Waals surface area contributed by atoms with E-state index in [9.17, 15) is 9.59 Å². The Balaban J connectivity index is 2.07. The van der Waals surface area contributed by atoms with E-state index in [1.807, 2.05) is 0 Å². The Bertz CT molecular complexity index is 525. The van der Waals surface area contributed by atoms with Gasteiger partial charge in [-0.2, -0.15) is 0 Å². The SMILES string of the molecule is O=C(/C=C/c1ncccn1)N1CCC=C(Br)C1=O. The van der Waals surface area contributed by atoms with Gasteiger partial charge in [-0.3, -0.25) is 14.5 Å². The number of hydrogen-bond acceptors (Lipinski definition) is 4. The molecule has 6 heteroatoms. The third-order valence-corrected chi connectivity index (χ3v) is 3.02. The molecule has 0 unspecified atom stereocenters. The molecule has 18 heavy (non-hydrogen) atoms. The molecular weight excluding hydrogens is 298 g/mol. The van der Waals surface area contributed by atoms with Gasteiger partial charge in [-0.1, -0.05) is 6.08 Å². The number of carbonyl (C=O) groups excluding carboxylic acids is 2. The second-order valence-electron chi connectivity index (χ2n) is 3.58. The molecular formula is C12H10BrN3O2. The molecule has 0 N–H and O–H groups in total. The highest BCUT2D eigenvalue weighted by atomic mass is 79.9. The minimum absolute atomic E-state index is 0.315. The molecule has 1 aromatic rings. The van der Waals surface area contributed by atoms with E-state index in [2.05, 4.69) is 25.9 Å². The van der Waals surface area contributed by atoms with Crippen LogP contribution >= 0.6 is 15.9 Å². The molecule has 1 aliphatic heterocycles. The highest BCUT2D eigenvalue weighted by molar-refractivity contribution is 9.12. The van der Waals surface area contributed by atoms with Crippen molar-refractivity contribution in [1.29, 1.82) is 0 Å². The summed E-state index contributed by atoms with van der Waals surface area (Å²) in [5.74, 6) is -0.243. The highest BCUT2D eigenvalue weighted by Gasteiger charge is 2.24. The molecule has 1 aromatic heterocycles. The van der Waals surface area contributed by atoms with Crippen LogP contribution in [-0.4, -0.2) is 33.2 Å². The quantitative estimate of drug-likeness (QED) is 0.777. The van der Waals surface area contributed by atoms with Gasteiger partial charge in [-0.25, -0.2) is 9.97 Å². The molecule has 0 saturated heterocycles. The minimum atomic E-state index is -0.363. The molecule has 0 aromatic carbocycles. The van der Waals surface area contributed by atoms with Crippen molar-refractivity contribution in [2.45, 2.75) is 6.42 Å². The average molecular weight is 308 g/mol. The van der Waals surface area contributed by atoms with Gasteiger partial charge in [0.25, 0.3) is 11.8 Å². The maximum absolute atomic E-state index is 11.8. The summed E-state index contributed by atoms with van der Waals surface area (Å²) >= 11 is 3.13. The predicted octanol–water partition coefficient (Wildman–Crippen LogP) is 1.53. The summed E-state index contributed by atoms with van der Waals surface area (Å²) in [5, 5.41) is 0. The monoisotopic (exact) mass is 307 g/mol. The zero-order valence-electron chi connectivity index (χ0n) is 9.41. The van der Waals surface area contributed by atoms with Crippen LogP contribution in [0.1, 0.15) is 12.2 Å². The molecule has 2 heterocycles. The Morgan fingerprint density at radius 2 is 2.11 bits per heavy atom. The van der Waals surface area contributed by atoms with Crippen LogP contribution < -0.4 is 0 Å². The van der Waals surface area contributed by atoms with E-state index < -0.39 is 0 Å². The van der Waals surface area contributed by atoms with Gasteiger partial charge in [0.1, 0.15) is 0 Å². The van der Waals surface area contributed by atoms with E-state index >= 15 is 0 Å². The molecule has 92 valence electrons. The predicted molar refractivity (Wildman–Crippen MR) is 69.4 cm³/mol. The van der Waals surface area contributed by atoms with Crippen molar-refractivity contribution in [1.82, 2.24) is 14.9 Å². The van der Waals surface area contributed by atoms with E-state index in [4.69, 9.17) is 0 Å². The first-order valence-corrected chi connectivity index (χ1v) is 6.14. The standard InChI is InChI=1S/C12H10BrN3O2/c13-9-3-1-8-16(12(9)18)11(17)5-4-10-14-6-2-7-15-10/h2-7H,1,8H2/b5-4+. The largest absolute Gasteiger partial charge is 0.274 e. The van der Waals surface area contributed by atoms with E-state index in [0.717, 1.165) is 0 Å². The van der Waals surface area contributed by atoms with Crippen LogP contribution in [-0.2, 0) is 9.59 Å². The van der Waals surface area contributed by atoms with Crippen molar-refractivity contribution in [2.75, 3.05) is 6.54 Å². The number of rotatable bonds is 2. The van der Waals surface area contributed by atoms with Gasteiger partial charge in [0, 0.05) is 25.0 Å². The lowest BCUT2D eigenvalue weighted by Crippen LogP contribution is -2.38. The molecule has 0 bridgehead atoms. The van der Waals surface area contributed by atoms with Crippen molar-refractivity contribution in [3.63, 3.8) is 0 Å². The number of imide groups is 1. The molecule has 0 atom stereocenters.